The first kappa shape index (κ1) is 17.7. The molecule has 0 bridgehead atoms. The van der Waals surface area contributed by atoms with Crippen molar-refractivity contribution in [2.24, 2.45) is 4.99 Å². The number of thiophene rings is 1. The highest BCUT2D eigenvalue weighted by Gasteiger charge is 2.17. The van der Waals surface area contributed by atoms with Crippen LogP contribution in [0, 0.1) is 0 Å². The van der Waals surface area contributed by atoms with Gasteiger partial charge in [0.2, 0.25) is 0 Å². The van der Waals surface area contributed by atoms with E-state index in [9.17, 15) is 4.79 Å². The zero-order valence-corrected chi connectivity index (χ0v) is 17.0. The van der Waals surface area contributed by atoms with E-state index in [-0.39, 0.29) is 5.91 Å². The molecule has 0 aliphatic rings. The normalized spacial score (nSPS) is 12.3. The standard InChI is InChI=1S/C19H14Cl2N2OS2/c1-2-9-23-13-8-7-11(20)10-15(13)26-19(23)22-18(24)17-16(21)12-5-3-4-6-14(12)25-17/h3-8,10H,2,9H2,1H3. The molecule has 2 aromatic heterocycles. The van der Waals surface area contributed by atoms with Crippen LogP contribution in [-0.2, 0) is 6.54 Å². The summed E-state index contributed by atoms with van der Waals surface area (Å²) in [7, 11) is 0. The number of hydrogen-bond acceptors (Lipinski definition) is 3. The number of carbonyl (C=O) groups is 1. The molecule has 132 valence electrons. The molecule has 0 N–H and O–H groups in total. The van der Waals surface area contributed by atoms with E-state index in [1.807, 2.05) is 42.5 Å². The maximum absolute atomic E-state index is 12.8. The van der Waals surface area contributed by atoms with Crippen molar-refractivity contribution in [2.45, 2.75) is 19.9 Å². The summed E-state index contributed by atoms with van der Waals surface area (Å²) in [4.78, 5) is 18.4. The lowest BCUT2D eigenvalue weighted by molar-refractivity contribution is 0.100. The number of nitrogens with zero attached hydrogens (tertiary/aromatic N) is 2. The molecule has 2 heterocycles. The minimum Gasteiger partial charge on any atom is -0.316 e. The summed E-state index contributed by atoms with van der Waals surface area (Å²) in [5.41, 5.74) is 1.04. The maximum atomic E-state index is 12.8. The van der Waals surface area contributed by atoms with Gasteiger partial charge < -0.3 is 4.57 Å². The van der Waals surface area contributed by atoms with Gasteiger partial charge in [-0.1, -0.05) is 59.7 Å². The zero-order chi connectivity index (χ0) is 18.3. The predicted molar refractivity (Wildman–Crippen MR) is 112 cm³/mol. The van der Waals surface area contributed by atoms with Crippen molar-refractivity contribution in [3.63, 3.8) is 0 Å². The number of rotatable bonds is 3. The maximum Gasteiger partial charge on any atom is 0.291 e. The number of amides is 1. The topological polar surface area (TPSA) is 34.4 Å². The van der Waals surface area contributed by atoms with Crippen LogP contribution in [0.15, 0.2) is 47.5 Å². The summed E-state index contributed by atoms with van der Waals surface area (Å²) in [6, 6.07) is 13.5. The van der Waals surface area contributed by atoms with E-state index >= 15 is 0 Å². The van der Waals surface area contributed by atoms with Crippen molar-refractivity contribution in [3.05, 3.63) is 62.2 Å². The Labute approximate surface area is 168 Å². The van der Waals surface area contributed by atoms with Gasteiger partial charge in [-0.2, -0.15) is 4.99 Å². The summed E-state index contributed by atoms with van der Waals surface area (Å²) >= 11 is 15.4. The lowest BCUT2D eigenvalue weighted by Gasteiger charge is -2.02. The second kappa shape index (κ2) is 7.16. The lowest BCUT2D eigenvalue weighted by Crippen LogP contribution is -2.16. The third kappa shape index (κ3) is 3.09. The zero-order valence-electron chi connectivity index (χ0n) is 13.8. The molecule has 4 rings (SSSR count). The summed E-state index contributed by atoms with van der Waals surface area (Å²) in [5, 5.41) is 2.04. The molecule has 0 radical (unpaired) electrons. The fourth-order valence-corrected chi connectivity index (χ4v) is 5.59. The van der Waals surface area contributed by atoms with E-state index in [2.05, 4.69) is 16.5 Å². The smallest absolute Gasteiger partial charge is 0.291 e. The molecule has 3 nitrogen and oxygen atoms in total. The molecule has 0 saturated carbocycles. The average molecular weight is 421 g/mol. The average Bonchev–Trinajstić information content (AvgIpc) is 3.13. The molecule has 26 heavy (non-hydrogen) atoms. The fraction of sp³-hybridized carbons (Fsp3) is 0.158. The van der Waals surface area contributed by atoms with Gasteiger partial charge >= 0.3 is 0 Å². The van der Waals surface area contributed by atoms with Crippen molar-refractivity contribution in [1.82, 2.24) is 4.57 Å². The van der Waals surface area contributed by atoms with E-state index < -0.39 is 0 Å². The highest BCUT2D eigenvalue weighted by atomic mass is 35.5. The molecule has 1 amide bonds. The second-order valence-electron chi connectivity index (χ2n) is 5.81. The van der Waals surface area contributed by atoms with Crippen molar-refractivity contribution in [2.75, 3.05) is 0 Å². The molecule has 0 aliphatic heterocycles. The van der Waals surface area contributed by atoms with Crippen LogP contribution in [0.1, 0.15) is 23.0 Å². The van der Waals surface area contributed by atoms with E-state index in [1.54, 1.807) is 0 Å². The molecular formula is C19H14Cl2N2OS2. The Morgan fingerprint density at radius 1 is 1.12 bits per heavy atom. The van der Waals surface area contributed by atoms with Gasteiger partial charge in [0.05, 0.1) is 15.2 Å². The van der Waals surface area contributed by atoms with Crippen molar-refractivity contribution >= 4 is 72.1 Å². The number of hydrogen-bond donors (Lipinski definition) is 0. The molecule has 0 atom stereocenters. The van der Waals surface area contributed by atoms with Crippen LogP contribution in [0.25, 0.3) is 20.3 Å². The first-order chi connectivity index (χ1) is 12.6. The van der Waals surface area contributed by atoms with Crippen LogP contribution in [-0.4, -0.2) is 10.5 Å². The first-order valence-electron chi connectivity index (χ1n) is 8.13. The van der Waals surface area contributed by atoms with Crippen LogP contribution < -0.4 is 4.80 Å². The number of benzene rings is 2. The van der Waals surface area contributed by atoms with Gasteiger partial charge in [0.15, 0.2) is 4.80 Å². The number of thiazole rings is 1. The highest BCUT2D eigenvalue weighted by Crippen LogP contribution is 2.35. The Kier molecular flexibility index (Phi) is 4.88. The van der Waals surface area contributed by atoms with Crippen LogP contribution in [0.2, 0.25) is 10.0 Å². The molecule has 0 unspecified atom stereocenters. The fourth-order valence-electron chi connectivity index (χ4n) is 2.86. The van der Waals surface area contributed by atoms with Gasteiger partial charge in [0, 0.05) is 21.7 Å². The summed E-state index contributed by atoms with van der Waals surface area (Å²) < 4.78 is 4.07. The van der Waals surface area contributed by atoms with Crippen molar-refractivity contribution < 1.29 is 4.79 Å². The van der Waals surface area contributed by atoms with E-state index in [4.69, 9.17) is 23.2 Å². The quantitative estimate of drug-likeness (QED) is 0.378. The molecule has 0 fully saturated rings. The number of aryl methyl sites for hydroxylation is 1. The van der Waals surface area contributed by atoms with E-state index in [0.29, 0.717) is 19.7 Å². The monoisotopic (exact) mass is 420 g/mol. The Balaban J connectivity index is 1.87. The number of fused-ring (bicyclic) bond motifs is 2. The Morgan fingerprint density at radius 2 is 1.92 bits per heavy atom. The third-order valence-electron chi connectivity index (χ3n) is 4.02. The van der Waals surface area contributed by atoms with E-state index in [0.717, 1.165) is 33.3 Å². The summed E-state index contributed by atoms with van der Waals surface area (Å²) in [5.74, 6) is -0.307. The number of aromatic nitrogens is 1. The molecule has 4 aromatic rings. The lowest BCUT2D eigenvalue weighted by atomic mass is 10.2. The van der Waals surface area contributed by atoms with Crippen LogP contribution in [0.5, 0.6) is 0 Å². The third-order valence-corrected chi connectivity index (χ3v) is 6.96. The molecule has 0 spiro atoms. The van der Waals surface area contributed by atoms with E-state index in [1.165, 1.54) is 22.7 Å². The van der Waals surface area contributed by atoms with Crippen molar-refractivity contribution in [3.8, 4) is 0 Å². The van der Waals surface area contributed by atoms with Gasteiger partial charge in [-0.15, -0.1) is 11.3 Å². The molecule has 2 aromatic carbocycles. The molecule has 0 saturated heterocycles. The summed E-state index contributed by atoms with van der Waals surface area (Å²) in [6.07, 6.45) is 0.944. The largest absolute Gasteiger partial charge is 0.316 e. The summed E-state index contributed by atoms with van der Waals surface area (Å²) in [6.45, 7) is 2.88. The van der Waals surface area contributed by atoms with Crippen LogP contribution >= 0.6 is 45.9 Å². The van der Waals surface area contributed by atoms with Gasteiger partial charge in [0.25, 0.3) is 5.91 Å². The minimum absolute atomic E-state index is 0.307. The number of halogens is 2. The predicted octanol–water partition coefficient (Wildman–Crippen LogP) is 6.38. The van der Waals surface area contributed by atoms with Gasteiger partial charge in [-0.3, -0.25) is 4.79 Å². The molecular weight excluding hydrogens is 407 g/mol. The highest BCUT2D eigenvalue weighted by molar-refractivity contribution is 7.21. The second-order valence-corrected chi connectivity index (χ2v) is 8.68. The molecule has 7 heteroatoms. The minimum atomic E-state index is -0.307. The van der Waals surface area contributed by atoms with Crippen molar-refractivity contribution in [1.29, 1.82) is 0 Å². The Morgan fingerprint density at radius 3 is 2.69 bits per heavy atom. The number of carbonyl (C=O) groups excluding carboxylic acids is 1. The Bertz CT molecular complexity index is 1200. The first-order valence-corrected chi connectivity index (χ1v) is 10.5. The van der Waals surface area contributed by atoms with Gasteiger partial charge in [0.1, 0.15) is 4.88 Å². The van der Waals surface area contributed by atoms with Crippen LogP contribution in [0.3, 0.4) is 0 Å². The van der Waals surface area contributed by atoms with Gasteiger partial charge in [-0.05, 0) is 30.7 Å². The van der Waals surface area contributed by atoms with Gasteiger partial charge in [-0.25, -0.2) is 0 Å². The molecule has 0 aliphatic carbocycles. The Hall–Kier alpha value is -1.66. The van der Waals surface area contributed by atoms with Crippen LogP contribution in [0.4, 0.5) is 0 Å². The SMILES string of the molecule is CCCn1c(=NC(=O)c2sc3ccccc3c2Cl)sc2cc(Cl)ccc21.